The molecule has 0 amide bonds. The second-order valence-electron chi connectivity index (χ2n) is 7.16. The molecule has 0 bridgehead atoms. The third-order valence-corrected chi connectivity index (χ3v) is 6.25. The molecular weight excluding hydrogens is 339 g/mol. The number of hydrogen-bond acceptors (Lipinski definition) is 0. The molecule has 2 fully saturated rings. The molecule has 0 saturated heterocycles. The van der Waals surface area contributed by atoms with Crippen LogP contribution in [0.2, 0.25) is 0 Å². The molecule has 2 saturated carbocycles. The van der Waals surface area contributed by atoms with E-state index in [-0.39, 0.29) is 5.82 Å². The smallest absolute Gasteiger partial charge is 0.123 e. The monoisotopic (exact) mass is 364 g/mol. The van der Waals surface area contributed by atoms with Crippen LogP contribution in [0, 0.1) is 23.6 Å². The van der Waals surface area contributed by atoms with E-state index in [1.54, 1.807) is 12.1 Å². The predicted molar refractivity (Wildman–Crippen MR) is 94.6 cm³/mol. The second-order valence-corrected chi connectivity index (χ2v) is 7.69. The van der Waals surface area contributed by atoms with Crippen molar-refractivity contribution in [3.05, 3.63) is 46.7 Å². The van der Waals surface area contributed by atoms with Crippen LogP contribution in [0.25, 0.3) is 0 Å². The first-order valence-electron chi connectivity index (χ1n) is 8.78. The Hall–Kier alpha value is -0.630. The average Bonchev–Trinajstić information content (AvgIpc) is 2.57. The maximum absolute atomic E-state index is 13.0. The molecule has 0 N–H and O–H groups in total. The topological polar surface area (TPSA) is 0 Å². The zero-order valence-electron chi connectivity index (χ0n) is 13.2. The Kier molecular flexibility index (Phi) is 5.73. The number of rotatable bonds is 3. The van der Waals surface area contributed by atoms with Crippen molar-refractivity contribution in [3.63, 3.8) is 0 Å². The summed E-state index contributed by atoms with van der Waals surface area (Å²) in [5.74, 6) is 3.22. The Bertz CT molecular complexity index is 477. The summed E-state index contributed by atoms with van der Waals surface area (Å²) in [6.07, 6.45) is 13.2. The summed E-state index contributed by atoms with van der Waals surface area (Å²) in [7, 11) is 0. The number of allylic oxidation sites excluding steroid dienone is 1. The van der Waals surface area contributed by atoms with E-state index in [4.69, 9.17) is 0 Å². The minimum atomic E-state index is -0.119. The van der Waals surface area contributed by atoms with Gasteiger partial charge in [-0.2, -0.15) is 0 Å². The van der Waals surface area contributed by atoms with Crippen molar-refractivity contribution >= 4 is 15.9 Å². The highest BCUT2D eigenvalue weighted by Gasteiger charge is 2.30. The van der Waals surface area contributed by atoms with Crippen molar-refractivity contribution in [1.29, 1.82) is 0 Å². The van der Waals surface area contributed by atoms with Crippen LogP contribution in [-0.4, -0.2) is 0 Å². The summed E-state index contributed by atoms with van der Waals surface area (Å²) in [6.45, 7) is 0. The maximum atomic E-state index is 13.0. The molecule has 120 valence electrons. The van der Waals surface area contributed by atoms with Gasteiger partial charge >= 0.3 is 0 Å². The Morgan fingerprint density at radius 1 is 0.818 bits per heavy atom. The first kappa shape index (κ1) is 16.2. The minimum absolute atomic E-state index is 0.119. The van der Waals surface area contributed by atoms with Crippen LogP contribution in [0.3, 0.4) is 0 Å². The van der Waals surface area contributed by atoms with Gasteiger partial charge < -0.3 is 0 Å². The lowest BCUT2D eigenvalue weighted by atomic mass is 9.68. The molecule has 1 aromatic rings. The average molecular weight is 365 g/mol. The first-order valence-corrected chi connectivity index (χ1v) is 9.70. The molecule has 2 aliphatic rings. The lowest BCUT2D eigenvalue weighted by Crippen LogP contribution is -2.25. The van der Waals surface area contributed by atoms with Crippen molar-refractivity contribution in [1.82, 2.24) is 0 Å². The van der Waals surface area contributed by atoms with Gasteiger partial charge in [-0.3, -0.25) is 0 Å². The zero-order chi connectivity index (χ0) is 15.4. The number of halogens is 2. The molecule has 2 heteroatoms. The third-order valence-electron chi connectivity index (χ3n) is 5.94. The highest BCUT2D eigenvalue weighted by atomic mass is 79.9. The summed E-state index contributed by atoms with van der Waals surface area (Å²) in [4.78, 5) is 2.03. The summed E-state index contributed by atoms with van der Waals surface area (Å²) in [5.41, 5.74) is 1.34. The third kappa shape index (κ3) is 4.01. The predicted octanol–water partition coefficient (Wildman–Crippen LogP) is 6.81. The molecule has 0 spiro atoms. The second kappa shape index (κ2) is 7.77. The lowest BCUT2D eigenvalue weighted by molar-refractivity contribution is 0.171. The van der Waals surface area contributed by atoms with Gasteiger partial charge in [0, 0.05) is 0 Å². The summed E-state index contributed by atoms with van der Waals surface area (Å²) in [5, 5.41) is 0. The SMILES string of the molecule is Fc1ccc(C2CCC(C3CCC(/C=C/Br)CC3)CC2)cc1. The molecule has 0 aliphatic heterocycles. The molecule has 3 rings (SSSR count). The van der Waals surface area contributed by atoms with Gasteiger partial charge in [-0.15, -0.1) is 0 Å². The fourth-order valence-electron chi connectivity index (χ4n) is 4.57. The fourth-order valence-corrected chi connectivity index (χ4v) is 5.00. The normalized spacial score (nSPS) is 33.2. The van der Waals surface area contributed by atoms with Crippen LogP contribution in [0.4, 0.5) is 4.39 Å². The molecule has 0 radical (unpaired) electrons. The molecule has 2 aliphatic carbocycles. The Labute approximate surface area is 142 Å². The quantitative estimate of drug-likeness (QED) is 0.552. The lowest BCUT2D eigenvalue weighted by Gasteiger charge is -2.37. The molecule has 0 aromatic heterocycles. The van der Waals surface area contributed by atoms with Crippen molar-refractivity contribution in [2.75, 3.05) is 0 Å². The van der Waals surface area contributed by atoms with Crippen molar-refractivity contribution in [2.24, 2.45) is 17.8 Å². The molecular formula is C20H26BrF. The Morgan fingerprint density at radius 3 is 1.91 bits per heavy atom. The highest BCUT2D eigenvalue weighted by Crippen LogP contribution is 2.44. The highest BCUT2D eigenvalue weighted by molar-refractivity contribution is 9.11. The molecule has 1 aromatic carbocycles. The fraction of sp³-hybridized carbons (Fsp3) is 0.600. The largest absolute Gasteiger partial charge is 0.207 e. The van der Waals surface area contributed by atoms with Gasteiger partial charge in [-0.1, -0.05) is 34.1 Å². The standard InChI is InChI=1S/C20H26BrF/c21-14-13-15-1-3-16(4-2-15)17-5-7-18(8-6-17)19-9-11-20(22)12-10-19/h9-18H,1-8H2/b14-13+. The van der Waals surface area contributed by atoms with Crippen LogP contribution < -0.4 is 0 Å². The van der Waals surface area contributed by atoms with E-state index in [1.165, 1.54) is 56.9 Å². The molecule has 0 nitrogen and oxygen atoms in total. The van der Waals surface area contributed by atoms with E-state index in [9.17, 15) is 4.39 Å². The van der Waals surface area contributed by atoms with E-state index in [1.807, 2.05) is 17.1 Å². The van der Waals surface area contributed by atoms with Crippen molar-refractivity contribution < 1.29 is 4.39 Å². The summed E-state index contributed by atoms with van der Waals surface area (Å²) >= 11 is 3.41. The van der Waals surface area contributed by atoms with Gasteiger partial charge in [0.25, 0.3) is 0 Å². The summed E-state index contributed by atoms with van der Waals surface area (Å²) in [6, 6.07) is 7.19. The van der Waals surface area contributed by atoms with Crippen LogP contribution in [-0.2, 0) is 0 Å². The van der Waals surface area contributed by atoms with Gasteiger partial charge in [0.15, 0.2) is 0 Å². The van der Waals surface area contributed by atoms with Gasteiger partial charge in [0.05, 0.1) is 0 Å². The number of benzene rings is 1. The van der Waals surface area contributed by atoms with E-state index in [0.717, 1.165) is 17.8 Å². The Morgan fingerprint density at radius 2 is 1.36 bits per heavy atom. The molecule has 0 heterocycles. The zero-order valence-corrected chi connectivity index (χ0v) is 14.8. The maximum Gasteiger partial charge on any atom is 0.123 e. The van der Waals surface area contributed by atoms with E-state index in [2.05, 4.69) is 22.0 Å². The first-order chi connectivity index (χ1) is 10.8. The van der Waals surface area contributed by atoms with Gasteiger partial charge in [-0.25, -0.2) is 4.39 Å². The van der Waals surface area contributed by atoms with Gasteiger partial charge in [0.1, 0.15) is 5.82 Å². The van der Waals surface area contributed by atoms with Crippen LogP contribution in [0.5, 0.6) is 0 Å². The molecule has 0 unspecified atom stereocenters. The van der Waals surface area contributed by atoms with Crippen LogP contribution in [0.1, 0.15) is 62.8 Å². The van der Waals surface area contributed by atoms with Crippen molar-refractivity contribution in [3.8, 4) is 0 Å². The number of hydrogen-bond donors (Lipinski definition) is 0. The Balaban J connectivity index is 1.49. The van der Waals surface area contributed by atoms with Crippen molar-refractivity contribution in [2.45, 2.75) is 57.3 Å². The van der Waals surface area contributed by atoms with Crippen LogP contribution in [0.15, 0.2) is 35.3 Å². The molecule has 0 atom stereocenters. The minimum Gasteiger partial charge on any atom is -0.207 e. The van der Waals surface area contributed by atoms with Gasteiger partial charge in [0.2, 0.25) is 0 Å². The summed E-state index contributed by atoms with van der Waals surface area (Å²) < 4.78 is 13.0. The van der Waals surface area contributed by atoms with E-state index < -0.39 is 0 Å². The van der Waals surface area contributed by atoms with E-state index in [0.29, 0.717) is 5.92 Å². The van der Waals surface area contributed by atoms with E-state index >= 15 is 0 Å². The molecule has 22 heavy (non-hydrogen) atoms. The van der Waals surface area contributed by atoms with Gasteiger partial charge in [-0.05, 0) is 97.7 Å². The van der Waals surface area contributed by atoms with Crippen LogP contribution >= 0.6 is 15.9 Å².